The van der Waals surface area contributed by atoms with Crippen molar-refractivity contribution in [3.8, 4) is 0 Å². The zero-order chi connectivity index (χ0) is 13.9. The van der Waals surface area contributed by atoms with Crippen LogP contribution in [0.3, 0.4) is 0 Å². The number of anilines is 1. The fraction of sp³-hybridized carbons (Fsp3) is 0.357. The van der Waals surface area contributed by atoms with Crippen molar-refractivity contribution in [3.05, 3.63) is 41.6 Å². The first kappa shape index (κ1) is 13.6. The Morgan fingerprint density at radius 3 is 2.26 bits per heavy atom. The highest BCUT2D eigenvalue weighted by atomic mass is 19.4. The highest BCUT2D eigenvalue weighted by Gasteiger charge is 2.29. The van der Waals surface area contributed by atoms with Gasteiger partial charge in [0.1, 0.15) is 0 Å². The number of hydrogen-bond donors (Lipinski definition) is 1. The second kappa shape index (κ2) is 5.47. The normalized spacial score (nSPS) is 18.7. The maximum absolute atomic E-state index is 12.4. The third-order valence-corrected chi connectivity index (χ3v) is 3.08. The molecule has 0 spiro atoms. The summed E-state index contributed by atoms with van der Waals surface area (Å²) in [6.45, 7) is 0. The Bertz CT molecular complexity index is 488. The van der Waals surface area contributed by atoms with Crippen molar-refractivity contribution in [1.29, 1.82) is 0 Å². The number of hydrogen-bond acceptors (Lipinski definition) is 2. The Labute approximate surface area is 109 Å². The van der Waals surface area contributed by atoms with Gasteiger partial charge in [-0.25, -0.2) is 0 Å². The minimum atomic E-state index is -4.32. The SMILES string of the molecule is O=C1CCCCC1=CNc1ccc(C(F)(F)F)cc1. The van der Waals surface area contributed by atoms with Crippen molar-refractivity contribution in [2.75, 3.05) is 5.32 Å². The van der Waals surface area contributed by atoms with Crippen molar-refractivity contribution in [3.63, 3.8) is 0 Å². The molecule has 1 aliphatic rings. The summed E-state index contributed by atoms with van der Waals surface area (Å²) in [5.74, 6) is 0.116. The molecule has 1 fully saturated rings. The van der Waals surface area contributed by atoms with Crippen molar-refractivity contribution >= 4 is 11.5 Å². The van der Waals surface area contributed by atoms with Crippen LogP contribution in [0.5, 0.6) is 0 Å². The van der Waals surface area contributed by atoms with Gasteiger partial charge in [-0.05, 0) is 43.5 Å². The van der Waals surface area contributed by atoms with Gasteiger partial charge in [0.2, 0.25) is 0 Å². The van der Waals surface area contributed by atoms with Gasteiger partial charge in [0.05, 0.1) is 5.56 Å². The Hall–Kier alpha value is -1.78. The summed E-state index contributed by atoms with van der Waals surface area (Å²) in [4.78, 5) is 11.5. The number of benzene rings is 1. The Morgan fingerprint density at radius 1 is 1.05 bits per heavy atom. The largest absolute Gasteiger partial charge is 0.416 e. The van der Waals surface area contributed by atoms with Gasteiger partial charge in [0, 0.05) is 23.9 Å². The van der Waals surface area contributed by atoms with Gasteiger partial charge in [-0.15, -0.1) is 0 Å². The number of carbonyl (C=O) groups excluding carboxylic acids is 1. The zero-order valence-corrected chi connectivity index (χ0v) is 10.3. The van der Waals surface area contributed by atoms with Crippen LogP contribution in [0.25, 0.3) is 0 Å². The summed E-state index contributed by atoms with van der Waals surface area (Å²) >= 11 is 0. The van der Waals surface area contributed by atoms with E-state index in [1.807, 2.05) is 0 Å². The van der Waals surface area contributed by atoms with Crippen LogP contribution in [0.15, 0.2) is 36.0 Å². The van der Waals surface area contributed by atoms with Gasteiger partial charge in [-0.3, -0.25) is 4.79 Å². The first-order valence-corrected chi connectivity index (χ1v) is 6.13. The number of nitrogens with one attached hydrogen (secondary N) is 1. The molecule has 1 saturated carbocycles. The summed E-state index contributed by atoms with van der Waals surface area (Å²) < 4.78 is 37.1. The van der Waals surface area contributed by atoms with Crippen LogP contribution in [0.1, 0.15) is 31.2 Å². The molecule has 0 unspecified atom stereocenters. The summed E-state index contributed by atoms with van der Waals surface area (Å²) in [5, 5.41) is 2.87. The summed E-state index contributed by atoms with van der Waals surface area (Å²) in [7, 11) is 0. The van der Waals surface area contributed by atoms with Gasteiger partial charge in [-0.1, -0.05) is 0 Å². The van der Waals surface area contributed by atoms with E-state index in [1.165, 1.54) is 12.1 Å². The molecule has 0 saturated heterocycles. The van der Waals surface area contributed by atoms with Crippen LogP contribution >= 0.6 is 0 Å². The third kappa shape index (κ3) is 3.59. The molecule has 5 heteroatoms. The molecular formula is C14H14F3NO. The maximum atomic E-state index is 12.4. The molecule has 0 atom stereocenters. The fourth-order valence-corrected chi connectivity index (χ4v) is 1.98. The minimum absolute atomic E-state index is 0.116. The average molecular weight is 269 g/mol. The van der Waals surface area contributed by atoms with Crippen LogP contribution in [0.2, 0.25) is 0 Å². The molecule has 1 aliphatic carbocycles. The molecule has 0 aromatic heterocycles. The van der Waals surface area contributed by atoms with Gasteiger partial charge in [0.25, 0.3) is 0 Å². The molecule has 1 aromatic carbocycles. The number of rotatable bonds is 2. The predicted octanol–water partition coefficient (Wildman–Crippen LogP) is 4.14. The van der Waals surface area contributed by atoms with E-state index >= 15 is 0 Å². The van der Waals surface area contributed by atoms with E-state index < -0.39 is 11.7 Å². The molecule has 1 aromatic rings. The van der Waals surface area contributed by atoms with Gasteiger partial charge < -0.3 is 5.32 Å². The average Bonchev–Trinajstić information content (AvgIpc) is 2.37. The van der Waals surface area contributed by atoms with E-state index in [0.29, 0.717) is 17.7 Å². The third-order valence-electron chi connectivity index (χ3n) is 3.08. The lowest BCUT2D eigenvalue weighted by Crippen LogP contribution is -2.10. The van der Waals surface area contributed by atoms with Crippen LogP contribution in [0.4, 0.5) is 18.9 Å². The predicted molar refractivity (Wildman–Crippen MR) is 66.6 cm³/mol. The lowest BCUT2D eigenvalue weighted by molar-refractivity contribution is -0.137. The van der Waals surface area contributed by atoms with E-state index in [4.69, 9.17) is 0 Å². The summed E-state index contributed by atoms with van der Waals surface area (Å²) in [6.07, 6.45) is 0.454. The van der Waals surface area contributed by atoms with Crippen LogP contribution in [-0.4, -0.2) is 5.78 Å². The first-order chi connectivity index (χ1) is 8.97. The van der Waals surface area contributed by atoms with Crippen molar-refractivity contribution in [2.24, 2.45) is 0 Å². The van der Waals surface area contributed by atoms with Crippen molar-refractivity contribution < 1.29 is 18.0 Å². The summed E-state index contributed by atoms with van der Waals surface area (Å²) in [6, 6.07) is 4.74. The topological polar surface area (TPSA) is 29.1 Å². The number of ketones is 1. The standard InChI is InChI=1S/C14H14F3NO/c15-14(16,17)11-5-7-12(8-6-11)18-9-10-3-1-2-4-13(10)19/h5-9,18H,1-4H2. The quantitative estimate of drug-likeness (QED) is 0.817. The monoisotopic (exact) mass is 269 g/mol. The van der Waals surface area contributed by atoms with E-state index in [-0.39, 0.29) is 5.78 Å². The number of Topliss-reactive ketones (excluding diaryl/α,β-unsaturated/α-hetero) is 1. The second-order valence-electron chi connectivity index (χ2n) is 4.52. The molecule has 0 amide bonds. The molecule has 2 rings (SSSR count). The number of alkyl halides is 3. The van der Waals surface area contributed by atoms with E-state index in [1.54, 1.807) is 6.20 Å². The van der Waals surface area contributed by atoms with Gasteiger partial charge in [0.15, 0.2) is 5.78 Å². The lowest BCUT2D eigenvalue weighted by atomic mass is 9.94. The van der Waals surface area contributed by atoms with E-state index in [2.05, 4.69) is 5.32 Å². The Morgan fingerprint density at radius 2 is 1.68 bits per heavy atom. The minimum Gasteiger partial charge on any atom is -0.361 e. The second-order valence-corrected chi connectivity index (χ2v) is 4.52. The van der Waals surface area contributed by atoms with Crippen molar-refractivity contribution in [1.82, 2.24) is 0 Å². The molecule has 1 N–H and O–H groups in total. The molecule has 0 radical (unpaired) electrons. The number of allylic oxidation sites excluding steroid dienone is 1. The van der Waals surface area contributed by atoms with Crippen LogP contribution in [-0.2, 0) is 11.0 Å². The molecule has 102 valence electrons. The van der Waals surface area contributed by atoms with Crippen LogP contribution < -0.4 is 5.32 Å². The Kier molecular flexibility index (Phi) is 3.93. The molecule has 19 heavy (non-hydrogen) atoms. The van der Waals surface area contributed by atoms with Gasteiger partial charge in [-0.2, -0.15) is 13.2 Å². The van der Waals surface area contributed by atoms with Gasteiger partial charge >= 0.3 is 6.18 Å². The first-order valence-electron chi connectivity index (χ1n) is 6.13. The number of carbonyl (C=O) groups is 1. The van der Waals surface area contributed by atoms with Crippen LogP contribution in [0, 0.1) is 0 Å². The molecule has 0 heterocycles. The lowest BCUT2D eigenvalue weighted by Gasteiger charge is -2.13. The van der Waals surface area contributed by atoms with E-state index in [9.17, 15) is 18.0 Å². The number of halogens is 3. The van der Waals surface area contributed by atoms with Crippen molar-refractivity contribution in [2.45, 2.75) is 31.9 Å². The highest BCUT2D eigenvalue weighted by molar-refractivity contribution is 5.96. The fourth-order valence-electron chi connectivity index (χ4n) is 1.98. The highest BCUT2D eigenvalue weighted by Crippen LogP contribution is 2.30. The zero-order valence-electron chi connectivity index (χ0n) is 10.3. The molecule has 2 nitrogen and oxygen atoms in total. The van der Waals surface area contributed by atoms with E-state index in [0.717, 1.165) is 31.4 Å². The smallest absolute Gasteiger partial charge is 0.361 e. The Balaban J connectivity index is 2.04. The maximum Gasteiger partial charge on any atom is 0.416 e. The molecule has 0 aliphatic heterocycles. The summed E-state index contributed by atoms with van der Waals surface area (Å²) in [5.41, 5.74) is 0.574. The molecule has 0 bridgehead atoms. The molecular weight excluding hydrogens is 255 g/mol.